The topological polar surface area (TPSA) is 123 Å². The number of aromatic nitrogens is 6. The number of carbonyl (C=O) groups excluding carboxylic acids is 1. The number of nitriles is 1. The van der Waals surface area contributed by atoms with Gasteiger partial charge >= 0.3 is 0 Å². The van der Waals surface area contributed by atoms with Crippen LogP contribution >= 0.6 is 0 Å². The molecule has 0 fully saturated rings. The van der Waals surface area contributed by atoms with Gasteiger partial charge < -0.3 is 5.32 Å². The summed E-state index contributed by atoms with van der Waals surface area (Å²) >= 11 is 0. The molecule has 0 aliphatic heterocycles. The van der Waals surface area contributed by atoms with Crippen LogP contribution in [0.15, 0.2) is 90.2 Å². The molecule has 6 rings (SSSR count). The number of hydrogen-bond donors (Lipinski definition) is 1. The molecular formula is C30H24N8O2. The predicted octanol–water partition coefficient (Wildman–Crippen LogP) is 4.22. The fourth-order valence-corrected chi connectivity index (χ4v) is 5.05. The molecule has 1 N–H and O–H groups in total. The number of hydrogen-bond acceptors (Lipinski definition) is 6. The van der Waals surface area contributed by atoms with E-state index in [1.807, 2.05) is 61.5 Å². The summed E-state index contributed by atoms with van der Waals surface area (Å²) in [6.45, 7) is 3.73. The van der Waals surface area contributed by atoms with E-state index < -0.39 is 6.04 Å². The van der Waals surface area contributed by atoms with Gasteiger partial charge in [0, 0.05) is 35.5 Å². The molecule has 0 bridgehead atoms. The van der Waals surface area contributed by atoms with Crippen molar-refractivity contribution in [1.82, 2.24) is 34.3 Å². The van der Waals surface area contributed by atoms with Crippen LogP contribution in [0.3, 0.4) is 0 Å². The molecule has 0 spiro atoms. The highest BCUT2D eigenvalue weighted by molar-refractivity contribution is 6.01. The average Bonchev–Trinajstić information content (AvgIpc) is 3.56. The van der Waals surface area contributed by atoms with Crippen molar-refractivity contribution in [3.63, 3.8) is 0 Å². The maximum absolute atomic E-state index is 14.3. The molecular weight excluding hydrogens is 504 g/mol. The van der Waals surface area contributed by atoms with E-state index in [2.05, 4.69) is 26.6 Å². The van der Waals surface area contributed by atoms with E-state index >= 15 is 0 Å². The van der Waals surface area contributed by atoms with Crippen molar-refractivity contribution < 1.29 is 4.79 Å². The molecule has 196 valence electrons. The maximum atomic E-state index is 14.3. The fraction of sp³-hybridized carbons (Fsp3) is 0.133. The normalized spacial score (nSPS) is 11.9. The molecule has 1 atom stereocenters. The van der Waals surface area contributed by atoms with Gasteiger partial charge in [-0.2, -0.15) is 15.5 Å². The van der Waals surface area contributed by atoms with Crippen molar-refractivity contribution in [3.8, 4) is 22.9 Å². The van der Waals surface area contributed by atoms with Crippen LogP contribution in [-0.2, 0) is 6.54 Å². The van der Waals surface area contributed by atoms with Gasteiger partial charge in [-0.05, 0) is 49.1 Å². The Morgan fingerprint density at radius 3 is 2.75 bits per heavy atom. The van der Waals surface area contributed by atoms with E-state index in [-0.39, 0.29) is 18.0 Å². The van der Waals surface area contributed by atoms with Crippen LogP contribution in [0.4, 0.5) is 0 Å². The molecule has 4 heterocycles. The molecule has 0 saturated heterocycles. The molecule has 10 nitrogen and oxygen atoms in total. The van der Waals surface area contributed by atoms with Gasteiger partial charge in [0.25, 0.3) is 11.5 Å². The van der Waals surface area contributed by atoms with Gasteiger partial charge in [0.15, 0.2) is 5.65 Å². The van der Waals surface area contributed by atoms with Crippen molar-refractivity contribution >= 4 is 22.3 Å². The second-order valence-corrected chi connectivity index (χ2v) is 9.44. The quantitative estimate of drug-likeness (QED) is 0.345. The summed E-state index contributed by atoms with van der Waals surface area (Å²) in [6.07, 6.45) is 6.78. The predicted molar refractivity (Wildman–Crippen MR) is 150 cm³/mol. The minimum absolute atomic E-state index is 0.113. The van der Waals surface area contributed by atoms with E-state index in [9.17, 15) is 9.59 Å². The van der Waals surface area contributed by atoms with E-state index in [0.717, 1.165) is 10.9 Å². The molecule has 0 unspecified atom stereocenters. The van der Waals surface area contributed by atoms with Crippen LogP contribution in [0.1, 0.15) is 34.7 Å². The van der Waals surface area contributed by atoms with Crippen molar-refractivity contribution in [3.05, 3.63) is 113 Å². The second kappa shape index (κ2) is 9.96. The van der Waals surface area contributed by atoms with Gasteiger partial charge in [0.1, 0.15) is 12.1 Å². The standard InChI is InChI=1S/C30H24N8O2/c1-19(34-29(39)26-20(2)35-37-14-7-13-32-28(26)37)25-16-21-8-6-11-24(22-17-33-36(18-22)15-12-31)27(21)30(40)38(25)23-9-4-3-5-10-23/h3-11,13-14,16-19H,15H2,1-2H3,(H,34,39)/t19-/m0/s1. The van der Waals surface area contributed by atoms with Gasteiger partial charge in [-0.1, -0.05) is 36.4 Å². The zero-order chi connectivity index (χ0) is 27.8. The summed E-state index contributed by atoms with van der Waals surface area (Å²) in [5, 5.41) is 22.0. The zero-order valence-corrected chi connectivity index (χ0v) is 21.8. The fourth-order valence-electron chi connectivity index (χ4n) is 5.05. The number of rotatable bonds is 6. The third-order valence-corrected chi connectivity index (χ3v) is 6.86. The Kier molecular flexibility index (Phi) is 6.16. The lowest BCUT2D eigenvalue weighted by Crippen LogP contribution is -2.32. The lowest BCUT2D eigenvalue weighted by molar-refractivity contribution is 0.0939. The summed E-state index contributed by atoms with van der Waals surface area (Å²) in [5.74, 6) is -0.329. The lowest BCUT2D eigenvalue weighted by Gasteiger charge is -2.21. The molecule has 4 aromatic heterocycles. The van der Waals surface area contributed by atoms with Crippen LogP contribution in [0, 0.1) is 18.3 Å². The monoisotopic (exact) mass is 528 g/mol. The summed E-state index contributed by atoms with van der Waals surface area (Å²) in [6, 6.07) is 20.2. The molecule has 10 heteroatoms. The molecule has 0 aliphatic rings. The average molecular weight is 529 g/mol. The van der Waals surface area contributed by atoms with Crippen LogP contribution in [0.5, 0.6) is 0 Å². The Balaban J connectivity index is 1.50. The maximum Gasteiger partial charge on any atom is 0.263 e. The van der Waals surface area contributed by atoms with Crippen molar-refractivity contribution in [2.75, 3.05) is 0 Å². The Morgan fingerprint density at radius 1 is 1.12 bits per heavy atom. The molecule has 40 heavy (non-hydrogen) atoms. The van der Waals surface area contributed by atoms with Gasteiger partial charge in [-0.25, -0.2) is 9.50 Å². The lowest BCUT2D eigenvalue weighted by atomic mass is 9.99. The smallest absolute Gasteiger partial charge is 0.263 e. The number of nitrogens with one attached hydrogen (secondary N) is 1. The van der Waals surface area contributed by atoms with Gasteiger partial charge in [0.05, 0.1) is 29.4 Å². The summed E-state index contributed by atoms with van der Waals surface area (Å²) in [7, 11) is 0. The summed E-state index contributed by atoms with van der Waals surface area (Å²) < 4.78 is 4.75. The van der Waals surface area contributed by atoms with E-state index in [0.29, 0.717) is 39.2 Å². The first-order valence-electron chi connectivity index (χ1n) is 12.7. The molecule has 0 radical (unpaired) electrons. The van der Waals surface area contributed by atoms with E-state index in [4.69, 9.17) is 5.26 Å². The van der Waals surface area contributed by atoms with Gasteiger partial charge in [0.2, 0.25) is 0 Å². The highest BCUT2D eigenvalue weighted by Gasteiger charge is 2.23. The Bertz CT molecular complexity index is 2000. The number of nitrogens with zero attached hydrogens (tertiary/aromatic N) is 7. The number of carbonyl (C=O) groups is 1. The number of pyridine rings is 1. The number of benzene rings is 2. The molecule has 1 amide bonds. The molecule has 2 aromatic carbocycles. The molecule has 0 saturated carbocycles. The Labute approximate surface area is 228 Å². The van der Waals surface area contributed by atoms with E-state index in [1.165, 1.54) is 4.68 Å². The number of aryl methyl sites for hydroxylation is 1. The third-order valence-electron chi connectivity index (χ3n) is 6.86. The van der Waals surface area contributed by atoms with Crippen molar-refractivity contribution in [1.29, 1.82) is 5.26 Å². The van der Waals surface area contributed by atoms with Gasteiger partial charge in [-0.15, -0.1) is 0 Å². The molecule has 6 aromatic rings. The first kappa shape index (κ1) is 24.8. The van der Waals surface area contributed by atoms with Crippen LogP contribution < -0.4 is 10.9 Å². The van der Waals surface area contributed by atoms with Crippen LogP contribution in [0.2, 0.25) is 0 Å². The highest BCUT2D eigenvalue weighted by Crippen LogP contribution is 2.29. The third kappa shape index (κ3) is 4.19. The second-order valence-electron chi connectivity index (χ2n) is 9.44. The minimum atomic E-state index is -0.537. The highest BCUT2D eigenvalue weighted by atomic mass is 16.2. The number of fused-ring (bicyclic) bond motifs is 2. The van der Waals surface area contributed by atoms with Crippen LogP contribution in [-0.4, -0.2) is 34.9 Å². The van der Waals surface area contributed by atoms with Crippen molar-refractivity contribution in [2.45, 2.75) is 26.4 Å². The Hall–Kier alpha value is -5.56. The van der Waals surface area contributed by atoms with Crippen molar-refractivity contribution in [2.24, 2.45) is 0 Å². The number of amides is 1. The Morgan fingerprint density at radius 2 is 1.95 bits per heavy atom. The van der Waals surface area contributed by atoms with E-state index in [1.54, 1.807) is 46.9 Å². The minimum Gasteiger partial charge on any atom is -0.344 e. The summed E-state index contributed by atoms with van der Waals surface area (Å²) in [5.41, 5.74) is 3.94. The first-order valence-corrected chi connectivity index (χ1v) is 12.7. The zero-order valence-electron chi connectivity index (χ0n) is 21.8. The van der Waals surface area contributed by atoms with Crippen LogP contribution in [0.25, 0.3) is 33.2 Å². The summed E-state index contributed by atoms with van der Waals surface area (Å²) in [4.78, 5) is 32.1. The van der Waals surface area contributed by atoms with Gasteiger partial charge in [-0.3, -0.25) is 18.8 Å². The largest absolute Gasteiger partial charge is 0.344 e. The molecule has 0 aliphatic carbocycles. The number of para-hydroxylation sites is 1. The SMILES string of the molecule is Cc1nn2cccnc2c1C(=O)N[C@@H](C)c1cc2cccc(-c3cnn(CC#N)c3)c2c(=O)n1-c1ccccc1. The first-order chi connectivity index (χ1) is 19.5.